The van der Waals surface area contributed by atoms with Crippen LogP contribution in [-0.2, 0) is 5.41 Å². The van der Waals surface area contributed by atoms with Crippen molar-refractivity contribution < 1.29 is 4.74 Å². The first-order chi connectivity index (χ1) is 19.3. The normalized spacial score (nSPS) is 16.0. The molecule has 0 bridgehead atoms. The van der Waals surface area contributed by atoms with Crippen LogP contribution in [0.15, 0.2) is 109 Å². The van der Waals surface area contributed by atoms with Crippen LogP contribution in [0.4, 0.5) is 0 Å². The molecule has 0 radical (unpaired) electrons. The fourth-order valence-corrected chi connectivity index (χ4v) is 9.73. The van der Waals surface area contributed by atoms with Crippen molar-refractivity contribution in [3.8, 4) is 28.7 Å². The van der Waals surface area contributed by atoms with E-state index in [-0.39, 0.29) is 11.3 Å². The summed E-state index contributed by atoms with van der Waals surface area (Å²) in [5.74, 6) is 2.13. The van der Waals surface area contributed by atoms with E-state index in [0.29, 0.717) is 5.56 Å². The number of nitrogens with zero attached hydrogens (tertiary/aromatic N) is 1. The maximum atomic E-state index is 9.21. The summed E-state index contributed by atoms with van der Waals surface area (Å²) in [6.07, 6.45) is 0. The molecule has 0 N–H and O–H groups in total. The maximum absolute atomic E-state index is 9.21. The second-order valence-corrected chi connectivity index (χ2v) is 16.4. The third kappa shape index (κ3) is 3.60. The lowest BCUT2D eigenvalue weighted by molar-refractivity contribution is 0.486. The number of fused-ring (bicyclic) bond motifs is 4. The first-order valence-corrected chi connectivity index (χ1v) is 17.0. The Morgan fingerprint density at radius 1 is 0.675 bits per heavy atom. The molecule has 0 aromatic heterocycles. The Kier molecular flexibility index (Phi) is 5.43. The van der Waals surface area contributed by atoms with Crippen LogP contribution in [0.1, 0.15) is 53.1 Å². The minimum Gasteiger partial charge on any atom is -0.458 e. The average Bonchev–Trinajstić information content (AvgIpc) is 2.98. The molecule has 5 aromatic rings. The molecule has 5 aromatic carbocycles. The Bertz CT molecular complexity index is 1790. The lowest BCUT2D eigenvalue weighted by Gasteiger charge is -2.40. The number of nitriles is 1. The van der Waals surface area contributed by atoms with Crippen molar-refractivity contribution >= 4 is 18.4 Å². The zero-order chi connectivity index (χ0) is 27.6. The highest BCUT2D eigenvalue weighted by atomic mass is 28.3. The van der Waals surface area contributed by atoms with E-state index in [1.807, 2.05) is 24.3 Å². The van der Waals surface area contributed by atoms with Crippen LogP contribution in [0.2, 0.25) is 13.1 Å². The summed E-state index contributed by atoms with van der Waals surface area (Å²) < 4.78 is 6.55. The third-order valence-electron chi connectivity index (χ3n) is 9.12. The number of benzene rings is 5. The van der Waals surface area contributed by atoms with Crippen LogP contribution in [-0.4, -0.2) is 8.07 Å². The van der Waals surface area contributed by atoms with Crippen molar-refractivity contribution in [2.24, 2.45) is 0 Å². The minimum absolute atomic E-state index is 0.0458. The Labute approximate surface area is 237 Å². The Hall–Kier alpha value is -4.39. The molecule has 2 aliphatic rings. The van der Waals surface area contributed by atoms with Crippen LogP contribution >= 0.6 is 0 Å². The van der Waals surface area contributed by atoms with E-state index in [0.717, 1.165) is 22.6 Å². The molecule has 0 fully saturated rings. The quantitative estimate of drug-likeness (QED) is 0.216. The van der Waals surface area contributed by atoms with Gasteiger partial charge in [-0.15, -0.1) is 0 Å². The van der Waals surface area contributed by atoms with Gasteiger partial charge in [0.2, 0.25) is 0 Å². The van der Waals surface area contributed by atoms with Crippen molar-refractivity contribution in [2.45, 2.75) is 38.3 Å². The van der Waals surface area contributed by atoms with E-state index >= 15 is 0 Å². The van der Waals surface area contributed by atoms with Crippen molar-refractivity contribution in [3.05, 3.63) is 143 Å². The van der Waals surface area contributed by atoms with Gasteiger partial charge in [0.25, 0.3) is 0 Å². The van der Waals surface area contributed by atoms with Gasteiger partial charge in [-0.3, -0.25) is 0 Å². The maximum Gasteiger partial charge on any atom is 0.127 e. The van der Waals surface area contributed by atoms with Gasteiger partial charge in [0, 0.05) is 11.3 Å². The van der Waals surface area contributed by atoms with Crippen LogP contribution < -0.4 is 15.1 Å². The van der Waals surface area contributed by atoms with E-state index in [9.17, 15) is 5.26 Å². The summed E-state index contributed by atoms with van der Waals surface area (Å²) in [5.41, 5.74) is 9.82. The predicted octanol–water partition coefficient (Wildman–Crippen LogP) is 7.97. The highest BCUT2D eigenvalue weighted by Gasteiger charge is 2.40. The van der Waals surface area contributed by atoms with Crippen LogP contribution in [0, 0.1) is 11.3 Å². The summed E-state index contributed by atoms with van der Waals surface area (Å²) in [5, 5.41) is 11.9. The highest BCUT2D eigenvalue weighted by Crippen LogP contribution is 2.49. The molecular formula is C37H31NOSi. The fourth-order valence-electron chi connectivity index (χ4n) is 6.90. The van der Waals surface area contributed by atoms with Crippen LogP contribution in [0.3, 0.4) is 0 Å². The van der Waals surface area contributed by atoms with Crippen LogP contribution in [0.5, 0.6) is 11.5 Å². The van der Waals surface area contributed by atoms with Crippen LogP contribution in [0.25, 0.3) is 11.1 Å². The van der Waals surface area contributed by atoms with E-state index in [1.165, 1.54) is 38.2 Å². The fraction of sp³-hybridized carbons (Fsp3) is 0.162. The molecule has 194 valence electrons. The molecular weight excluding hydrogens is 502 g/mol. The lowest BCUT2D eigenvalue weighted by Crippen LogP contribution is -2.56. The zero-order valence-electron chi connectivity index (χ0n) is 23.3. The second-order valence-electron chi connectivity index (χ2n) is 12.1. The first kappa shape index (κ1) is 24.6. The van der Waals surface area contributed by atoms with E-state index in [4.69, 9.17) is 4.74 Å². The minimum atomic E-state index is -2.10. The number of hydrogen-bond donors (Lipinski definition) is 0. The topological polar surface area (TPSA) is 33.0 Å². The largest absolute Gasteiger partial charge is 0.458 e. The van der Waals surface area contributed by atoms with Gasteiger partial charge in [-0.2, -0.15) is 5.26 Å². The molecule has 7 rings (SSSR count). The molecule has 3 heteroatoms. The summed E-state index contributed by atoms with van der Waals surface area (Å²) in [4.78, 5) is 0. The number of rotatable bonds is 2. The Morgan fingerprint density at radius 2 is 1.23 bits per heavy atom. The van der Waals surface area contributed by atoms with Crippen molar-refractivity contribution in [3.63, 3.8) is 0 Å². The summed E-state index contributed by atoms with van der Waals surface area (Å²) in [6, 6.07) is 41.5. The standard InChI is InChI=1S/C37H31NOSi/c1-37(2)30-11-7-5-9-28(30)36(29-10-6-8-12-31(29)37)27-18-20-33-35(22-27)40(3,4)34-21-26(17-19-32(34)39-33)25-15-13-24(23-38)14-16-25/h5-22,36H,1-4H3. The second kappa shape index (κ2) is 8.81. The number of hydrogen-bond acceptors (Lipinski definition) is 2. The van der Waals surface area contributed by atoms with Gasteiger partial charge < -0.3 is 4.74 Å². The van der Waals surface area contributed by atoms with Crippen molar-refractivity contribution in [1.82, 2.24) is 0 Å². The summed E-state index contributed by atoms with van der Waals surface area (Å²) >= 11 is 0. The third-order valence-corrected chi connectivity index (χ3v) is 12.6. The summed E-state index contributed by atoms with van der Waals surface area (Å²) in [6.45, 7) is 9.57. The molecule has 2 nitrogen and oxygen atoms in total. The average molecular weight is 534 g/mol. The van der Waals surface area contributed by atoms with Gasteiger partial charge in [0.05, 0.1) is 11.6 Å². The lowest BCUT2D eigenvalue weighted by atomic mass is 9.64. The smallest absolute Gasteiger partial charge is 0.127 e. The van der Waals surface area contributed by atoms with Gasteiger partial charge in [0.1, 0.15) is 19.6 Å². The molecule has 0 unspecified atom stereocenters. The molecule has 1 aliphatic heterocycles. The van der Waals surface area contributed by atoms with Gasteiger partial charge >= 0.3 is 0 Å². The summed E-state index contributed by atoms with van der Waals surface area (Å²) in [7, 11) is -2.10. The van der Waals surface area contributed by atoms with Crippen molar-refractivity contribution in [2.75, 3.05) is 0 Å². The number of ether oxygens (including phenoxy) is 1. The van der Waals surface area contributed by atoms with Gasteiger partial charge in [-0.1, -0.05) is 112 Å². The predicted molar refractivity (Wildman–Crippen MR) is 166 cm³/mol. The molecule has 0 atom stereocenters. The van der Waals surface area contributed by atoms with Gasteiger partial charge in [0.15, 0.2) is 0 Å². The molecule has 0 spiro atoms. The SMILES string of the molecule is CC1(C)c2ccccc2C(c2ccc3c(c2)[Si](C)(C)c2cc(-c4ccc(C#N)cc4)ccc2O3)c2ccccc21. The zero-order valence-corrected chi connectivity index (χ0v) is 24.3. The van der Waals surface area contributed by atoms with E-state index < -0.39 is 8.07 Å². The van der Waals surface area contributed by atoms with Gasteiger partial charge in [-0.05, 0) is 73.6 Å². The monoisotopic (exact) mass is 533 g/mol. The molecule has 0 amide bonds. The first-order valence-electron chi connectivity index (χ1n) is 14.0. The van der Waals surface area contributed by atoms with E-state index in [2.05, 4.69) is 118 Å². The Balaban J connectivity index is 1.36. The molecule has 40 heavy (non-hydrogen) atoms. The van der Waals surface area contributed by atoms with Crippen molar-refractivity contribution in [1.29, 1.82) is 5.26 Å². The molecule has 0 saturated heterocycles. The van der Waals surface area contributed by atoms with Gasteiger partial charge in [-0.25, -0.2) is 0 Å². The molecule has 1 heterocycles. The molecule has 1 aliphatic carbocycles. The molecule has 0 saturated carbocycles. The van der Waals surface area contributed by atoms with E-state index in [1.54, 1.807) is 0 Å². The Morgan fingerprint density at radius 3 is 1.85 bits per heavy atom. The highest BCUT2D eigenvalue weighted by molar-refractivity contribution is 7.01.